The van der Waals surface area contributed by atoms with Crippen molar-refractivity contribution in [3.05, 3.63) is 59.7 Å². The van der Waals surface area contributed by atoms with Gasteiger partial charge in [0.15, 0.2) is 0 Å². The number of carbonyl (C=O) groups is 1. The maximum atomic E-state index is 12.4. The summed E-state index contributed by atoms with van der Waals surface area (Å²) in [4.78, 5) is 14.0. The number of hydrogen-bond acceptors (Lipinski definition) is 4. The van der Waals surface area contributed by atoms with Crippen LogP contribution in [-0.4, -0.2) is 38.7 Å². The Morgan fingerprint density at radius 3 is 2.35 bits per heavy atom. The highest BCUT2D eigenvalue weighted by atomic mass is 16.5. The highest BCUT2D eigenvalue weighted by Gasteiger charge is 2.08. The molecule has 2 aromatic rings. The Bertz CT molecular complexity index is 753. The second-order valence-corrected chi connectivity index (χ2v) is 5.71. The first kappa shape index (κ1) is 19.4. The van der Waals surface area contributed by atoms with Crippen LogP contribution in [0.15, 0.2) is 48.5 Å². The third-order valence-corrected chi connectivity index (χ3v) is 3.87. The van der Waals surface area contributed by atoms with Crippen molar-refractivity contribution in [2.24, 2.45) is 0 Å². The van der Waals surface area contributed by atoms with Crippen LogP contribution >= 0.6 is 0 Å². The summed E-state index contributed by atoms with van der Waals surface area (Å²) in [7, 11) is 4.97. The normalized spacial score (nSPS) is 10.6. The standard InChI is InChI=1S/C21H25NO4/c1-5-26-18-9-6-16(7-10-18)15-22(2)21(23)13-8-17-14-19(24-3)11-12-20(17)25-4/h6-14H,5,15H2,1-4H3/b13-8+. The summed E-state index contributed by atoms with van der Waals surface area (Å²) >= 11 is 0. The molecule has 0 aliphatic rings. The topological polar surface area (TPSA) is 48.0 Å². The zero-order valence-corrected chi connectivity index (χ0v) is 15.7. The maximum absolute atomic E-state index is 12.4. The summed E-state index contributed by atoms with van der Waals surface area (Å²) in [6.07, 6.45) is 3.27. The summed E-state index contributed by atoms with van der Waals surface area (Å²) in [6.45, 7) is 3.10. The molecule has 0 aromatic heterocycles. The molecule has 0 aliphatic heterocycles. The molecule has 0 atom stereocenters. The van der Waals surface area contributed by atoms with Gasteiger partial charge in [0.1, 0.15) is 17.2 Å². The number of likely N-dealkylation sites (N-methyl/N-ethyl adjacent to an activating group) is 1. The third-order valence-electron chi connectivity index (χ3n) is 3.87. The molecule has 0 heterocycles. The van der Waals surface area contributed by atoms with E-state index in [0.717, 1.165) is 16.9 Å². The van der Waals surface area contributed by atoms with Gasteiger partial charge < -0.3 is 19.1 Å². The van der Waals surface area contributed by atoms with Crippen molar-refractivity contribution in [2.45, 2.75) is 13.5 Å². The number of amides is 1. The molecule has 2 aromatic carbocycles. The van der Waals surface area contributed by atoms with Crippen LogP contribution in [0.5, 0.6) is 17.2 Å². The molecule has 0 unspecified atom stereocenters. The van der Waals surface area contributed by atoms with E-state index in [4.69, 9.17) is 14.2 Å². The molecule has 0 bridgehead atoms. The lowest BCUT2D eigenvalue weighted by Crippen LogP contribution is -2.24. The molecule has 5 nitrogen and oxygen atoms in total. The van der Waals surface area contributed by atoms with E-state index in [1.54, 1.807) is 32.2 Å². The molecule has 0 radical (unpaired) electrons. The number of methoxy groups -OCH3 is 2. The molecule has 0 spiro atoms. The van der Waals surface area contributed by atoms with Gasteiger partial charge in [-0.2, -0.15) is 0 Å². The molecule has 0 saturated carbocycles. The van der Waals surface area contributed by atoms with Gasteiger partial charge in [-0.1, -0.05) is 12.1 Å². The van der Waals surface area contributed by atoms with Gasteiger partial charge in [-0.15, -0.1) is 0 Å². The fourth-order valence-corrected chi connectivity index (χ4v) is 2.47. The Balaban J connectivity index is 2.03. The second-order valence-electron chi connectivity index (χ2n) is 5.71. The van der Waals surface area contributed by atoms with Gasteiger partial charge in [-0.3, -0.25) is 4.79 Å². The van der Waals surface area contributed by atoms with Crippen LogP contribution in [0.25, 0.3) is 6.08 Å². The van der Waals surface area contributed by atoms with Crippen molar-refractivity contribution in [3.8, 4) is 17.2 Å². The average Bonchev–Trinajstić information content (AvgIpc) is 2.67. The van der Waals surface area contributed by atoms with Crippen LogP contribution in [0.3, 0.4) is 0 Å². The first-order valence-corrected chi connectivity index (χ1v) is 8.44. The maximum Gasteiger partial charge on any atom is 0.246 e. The van der Waals surface area contributed by atoms with E-state index in [-0.39, 0.29) is 5.91 Å². The highest BCUT2D eigenvalue weighted by molar-refractivity contribution is 5.92. The largest absolute Gasteiger partial charge is 0.497 e. The molecule has 138 valence electrons. The predicted molar refractivity (Wildman–Crippen MR) is 103 cm³/mol. The lowest BCUT2D eigenvalue weighted by molar-refractivity contribution is -0.125. The molecule has 0 N–H and O–H groups in total. The third kappa shape index (κ3) is 5.28. The molecule has 0 aliphatic carbocycles. The first-order valence-electron chi connectivity index (χ1n) is 8.44. The van der Waals surface area contributed by atoms with Crippen LogP contribution in [0.4, 0.5) is 0 Å². The fraction of sp³-hybridized carbons (Fsp3) is 0.286. The summed E-state index contributed by atoms with van der Waals surface area (Å²) in [5, 5.41) is 0. The quantitative estimate of drug-likeness (QED) is 0.676. The molecule has 26 heavy (non-hydrogen) atoms. The number of ether oxygens (including phenoxy) is 3. The van der Waals surface area contributed by atoms with E-state index in [2.05, 4.69) is 0 Å². The molecule has 5 heteroatoms. The lowest BCUT2D eigenvalue weighted by atomic mass is 10.1. The van der Waals surface area contributed by atoms with Gasteiger partial charge >= 0.3 is 0 Å². The zero-order valence-electron chi connectivity index (χ0n) is 15.7. The van der Waals surface area contributed by atoms with Crippen molar-refractivity contribution in [3.63, 3.8) is 0 Å². The van der Waals surface area contributed by atoms with Crippen LogP contribution in [0.1, 0.15) is 18.1 Å². The van der Waals surface area contributed by atoms with E-state index in [1.165, 1.54) is 6.08 Å². The van der Waals surface area contributed by atoms with Gasteiger partial charge in [-0.05, 0) is 48.9 Å². The number of hydrogen-bond donors (Lipinski definition) is 0. The van der Waals surface area contributed by atoms with Crippen LogP contribution in [-0.2, 0) is 11.3 Å². The minimum atomic E-state index is -0.0937. The smallest absolute Gasteiger partial charge is 0.246 e. The van der Waals surface area contributed by atoms with Crippen molar-refractivity contribution in [2.75, 3.05) is 27.9 Å². The zero-order chi connectivity index (χ0) is 18.9. The Morgan fingerprint density at radius 1 is 1.04 bits per heavy atom. The number of carbonyl (C=O) groups excluding carboxylic acids is 1. The van der Waals surface area contributed by atoms with E-state index >= 15 is 0 Å². The molecule has 2 rings (SSSR count). The Hall–Kier alpha value is -2.95. The lowest BCUT2D eigenvalue weighted by Gasteiger charge is -2.15. The van der Waals surface area contributed by atoms with E-state index in [0.29, 0.717) is 24.7 Å². The molecule has 0 saturated heterocycles. The minimum absolute atomic E-state index is 0.0937. The summed E-state index contributed by atoms with van der Waals surface area (Å²) in [5.41, 5.74) is 1.83. The van der Waals surface area contributed by atoms with E-state index in [1.807, 2.05) is 49.4 Å². The van der Waals surface area contributed by atoms with Crippen molar-refractivity contribution < 1.29 is 19.0 Å². The molecule has 1 amide bonds. The van der Waals surface area contributed by atoms with Crippen molar-refractivity contribution in [1.29, 1.82) is 0 Å². The van der Waals surface area contributed by atoms with Crippen LogP contribution in [0, 0.1) is 0 Å². The molecular weight excluding hydrogens is 330 g/mol. The van der Waals surface area contributed by atoms with Crippen LogP contribution in [0.2, 0.25) is 0 Å². The Kier molecular flexibility index (Phi) is 7.09. The van der Waals surface area contributed by atoms with Crippen LogP contribution < -0.4 is 14.2 Å². The van der Waals surface area contributed by atoms with Gasteiger partial charge in [-0.25, -0.2) is 0 Å². The monoisotopic (exact) mass is 355 g/mol. The number of nitrogens with zero attached hydrogens (tertiary/aromatic N) is 1. The Labute approximate surface area is 154 Å². The van der Waals surface area contributed by atoms with E-state index in [9.17, 15) is 4.79 Å². The summed E-state index contributed by atoms with van der Waals surface area (Å²) in [6, 6.07) is 13.2. The summed E-state index contributed by atoms with van der Waals surface area (Å²) in [5.74, 6) is 2.13. The number of benzene rings is 2. The predicted octanol–water partition coefficient (Wildman–Crippen LogP) is 3.77. The van der Waals surface area contributed by atoms with Crippen molar-refractivity contribution >= 4 is 12.0 Å². The van der Waals surface area contributed by atoms with Gasteiger partial charge in [0.05, 0.1) is 20.8 Å². The molecule has 0 fully saturated rings. The van der Waals surface area contributed by atoms with Gasteiger partial charge in [0, 0.05) is 25.2 Å². The SMILES string of the molecule is CCOc1ccc(CN(C)C(=O)/C=C/c2cc(OC)ccc2OC)cc1. The van der Waals surface area contributed by atoms with Gasteiger partial charge in [0.25, 0.3) is 0 Å². The minimum Gasteiger partial charge on any atom is -0.497 e. The highest BCUT2D eigenvalue weighted by Crippen LogP contribution is 2.25. The summed E-state index contributed by atoms with van der Waals surface area (Å²) < 4.78 is 16.0. The average molecular weight is 355 g/mol. The van der Waals surface area contributed by atoms with Crippen molar-refractivity contribution in [1.82, 2.24) is 4.90 Å². The Morgan fingerprint density at radius 2 is 1.73 bits per heavy atom. The molecular formula is C21H25NO4. The van der Waals surface area contributed by atoms with Gasteiger partial charge in [0.2, 0.25) is 5.91 Å². The number of rotatable bonds is 8. The fourth-order valence-electron chi connectivity index (χ4n) is 2.47. The first-order chi connectivity index (χ1) is 12.6. The second kappa shape index (κ2) is 9.51. The van der Waals surface area contributed by atoms with E-state index < -0.39 is 0 Å².